The molecular formula is C15H28N2O. The van der Waals surface area contributed by atoms with Crippen molar-refractivity contribution in [2.45, 2.75) is 58.4 Å². The minimum Gasteiger partial charge on any atom is -0.337 e. The van der Waals surface area contributed by atoms with Crippen molar-refractivity contribution in [2.24, 2.45) is 11.8 Å². The van der Waals surface area contributed by atoms with E-state index in [0.29, 0.717) is 23.8 Å². The molecule has 104 valence electrons. The molecule has 3 nitrogen and oxygen atoms in total. The van der Waals surface area contributed by atoms with E-state index in [0.717, 1.165) is 38.9 Å². The van der Waals surface area contributed by atoms with Gasteiger partial charge in [-0.05, 0) is 25.2 Å². The summed E-state index contributed by atoms with van der Waals surface area (Å²) in [5, 5.41) is 3.43. The monoisotopic (exact) mass is 252 g/mol. The maximum Gasteiger partial charge on any atom is 0.226 e. The van der Waals surface area contributed by atoms with Gasteiger partial charge in [0.15, 0.2) is 0 Å². The van der Waals surface area contributed by atoms with Gasteiger partial charge in [-0.15, -0.1) is 0 Å². The van der Waals surface area contributed by atoms with Crippen molar-refractivity contribution in [1.82, 2.24) is 10.2 Å². The van der Waals surface area contributed by atoms with E-state index in [-0.39, 0.29) is 0 Å². The Morgan fingerprint density at radius 3 is 2.67 bits per heavy atom. The van der Waals surface area contributed by atoms with Crippen molar-refractivity contribution in [2.75, 3.05) is 19.6 Å². The molecule has 1 amide bonds. The van der Waals surface area contributed by atoms with Gasteiger partial charge in [0.2, 0.25) is 5.91 Å². The lowest BCUT2D eigenvalue weighted by Crippen LogP contribution is -2.55. The second-order valence-electron chi connectivity index (χ2n) is 6.35. The average Bonchev–Trinajstić information content (AvgIpc) is 2.39. The Balaban J connectivity index is 1.96. The molecule has 3 heteroatoms. The summed E-state index contributed by atoms with van der Waals surface area (Å²) in [6, 6.07) is 0.424. The molecule has 1 heterocycles. The Hall–Kier alpha value is -0.570. The van der Waals surface area contributed by atoms with E-state index in [1.165, 1.54) is 19.3 Å². The fourth-order valence-corrected chi connectivity index (χ4v) is 3.39. The van der Waals surface area contributed by atoms with Crippen molar-refractivity contribution in [1.29, 1.82) is 0 Å². The number of hydrogen-bond acceptors (Lipinski definition) is 2. The lowest BCUT2D eigenvalue weighted by atomic mass is 9.87. The zero-order valence-electron chi connectivity index (χ0n) is 12.0. The molecule has 1 aliphatic carbocycles. The zero-order chi connectivity index (χ0) is 13.0. The molecule has 1 aliphatic heterocycles. The van der Waals surface area contributed by atoms with Gasteiger partial charge in [0, 0.05) is 31.6 Å². The van der Waals surface area contributed by atoms with Crippen LogP contribution in [-0.4, -0.2) is 36.5 Å². The van der Waals surface area contributed by atoms with Crippen LogP contribution in [0.3, 0.4) is 0 Å². The molecule has 1 N–H and O–H groups in total. The second-order valence-corrected chi connectivity index (χ2v) is 6.35. The largest absolute Gasteiger partial charge is 0.337 e. The van der Waals surface area contributed by atoms with E-state index in [1.54, 1.807) is 0 Å². The summed E-state index contributed by atoms with van der Waals surface area (Å²) in [5.41, 5.74) is 0. The highest BCUT2D eigenvalue weighted by Crippen LogP contribution is 2.27. The van der Waals surface area contributed by atoms with Crippen LogP contribution in [-0.2, 0) is 4.79 Å². The molecule has 1 unspecified atom stereocenters. The first-order valence-corrected chi connectivity index (χ1v) is 7.69. The molecule has 0 spiro atoms. The van der Waals surface area contributed by atoms with Gasteiger partial charge >= 0.3 is 0 Å². The molecular weight excluding hydrogens is 224 g/mol. The van der Waals surface area contributed by atoms with Crippen molar-refractivity contribution in [3.63, 3.8) is 0 Å². The highest BCUT2D eigenvalue weighted by atomic mass is 16.2. The predicted octanol–water partition coefficient (Wildman–Crippen LogP) is 2.41. The fourth-order valence-electron chi connectivity index (χ4n) is 3.39. The minimum atomic E-state index is 0.325. The molecule has 18 heavy (non-hydrogen) atoms. The van der Waals surface area contributed by atoms with Crippen LogP contribution in [0.5, 0.6) is 0 Å². The standard InChI is InChI=1S/C15H28N2O/c1-12(2)10-14-11-16-8-9-17(14)15(18)13-6-4-3-5-7-13/h12-14,16H,3-11H2,1-2H3. The van der Waals surface area contributed by atoms with Crippen LogP contribution in [0.4, 0.5) is 0 Å². The normalized spacial score (nSPS) is 26.6. The Bertz CT molecular complexity index is 272. The van der Waals surface area contributed by atoms with E-state index >= 15 is 0 Å². The molecule has 0 bridgehead atoms. The van der Waals surface area contributed by atoms with Gasteiger partial charge in [-0.1, -0.05) is 33.1 Å². The summed E-state index contributed by atoms with van der Waals surface area (Å²) in [7, 11) is 0. The van der Waals surface area contributed by atoms with Gasteiger partial charge in [0.1, 0.15) is 0 Å². The van der Waals surface area contributed by atoms with Crippen molar-refractivity contribution in [3.8, 4) is 0 Å². The summed E-state index contributed by atoms with van der Waals surface area (Å²) < 4.78 is 0. The molecule has 2 fully saturated rings. The summed E-state index contributed by atoms with van der Waals surface area (Å²) in [6.45, 7) is 7.35. The van der Waals surface area contributed by atoms with E-state index in [4.69, 9.17) is 0 Å². The molecule has 2 aliphatic rings. The summed E-state index contributed by atoms with van der Waals surface area (Å²) in [4.78, 5) is 14.8. The van der Waals surface area contributed by atoms with Crippen LogP contribution in [0, 0.1) is 11.8 Å². The summed E-state index contributed by atoms with van der Waals surface area (Å²) >= 11 is 0. The van der Waals surface area contributed by atoms with Gasteiger partial charge in [-0.25, -0.2) is 0 Å². The van der Waals surface area contributed by atoms with Gasteiger partial charge in [0.25, 0.3) is 0 Å². The molecule has 1 atom stereocenters. The van der Waals surface area contributed by atoms with E-state index in [9.17, 15) is 4.79 Å². The third-order valence-corrected chi connectivity index (χ3v) is 4.33. The maximum atomic E-state index is 12.6. The Kier molecular flexibility index (Phi) is 5.04. The molecule has 0 aromatic carbocycles. The van der Waals surface area contributed by atoms with Crippen molar-refractivity contribution in [3.05, 3.63) is 0 Å². The first-order chi connectivity index (χ1) is 8.68. The van der Waals surface area contributed by atoms with Gasteiger partial charge in [-0.3, -0.25) is 4.79 Å². The van der Waals surface area contributed by atoms with Crippen LogP contribution in [0.2, 0.25) is 0 Å². The second kappa shape index (κ2) is 6.55. The fraction of sp³-hybridized carbons (Fsp3) is 0.933. The van der Waals surface area contributed by atoms with E-state index in [1.807, 2.05) is 0 Å². The SMILES string of the molecule is CC(C)CC1CNCCN1C(=O)C1CCCCC1. The smallest absolute Gasteiger partial charge is 0.226 e. The average molecular weight is 252 g/mol. The zero-order valence-corrected chi connectivity index (χ0v) is 12.0. The van der Waals surface area contributed by atoms with Crippen LogP contribution < -0.4 is 5.32 Å². The lowest BCUT2D eigenvalue weighted by Gasteiger charge is -2.39. The predicted molar refractivity (Wildman–Crippen MR) is 74.4 cm³/mol. The first-order valence-electron chi connectivity index (χ1n) is 7.69. The molecule has 2 rings (SSSR count). The van der Waals surface area contributed by atoms with Crippen molar-refractivity contribution < 1.29 is 4.79 Å². The molecule has 0 aromatic rings. The van der Waals surface area contributed by atoms with Gasteiger partial charge in [0.05, 0.1) is 0 Å². The Labute approximate surface area is 111 Å². The highest BCUT2D eigenvalue weighted by molar-refractivity contribution is 5.79. The highest BCUT2D eigenvalue weighted by Gasteiger charge is 2.32. The van der Waals surface area contributed by atoms with Gasteiger partial charge in [-0.2, -0.15) is 0 Å². The minimum absolute atomic E-state index is 0.325. The number of hydrogen-bond donors (Lipinski definition) is 1. The summed E-state index contributed by atoms with van der Waals surface area (Å²) in [6.07, 6.45) is 7.19. The number of carbonyl (C=O) groups is 1. The molecule has 0 radical (unpaired) electrons. The Morgan fingerprint density at radius 1 is 1.28 bits per heavy atom. The van der Waals surface area contributed by atoms with Crippen molar-refractivity contribution >= 4 is 5.91 Å². The van der Waals surface area contributed by atoms with Crippen LogP contribution in [0.15, 0.2) is 0 Å². The van der Waals surface area contributed by atoms with Crippen LogP contribution in [0.1, 0.15) is 52.4 Å². The number of carbonyl (C=O) groups excluding carboxylic acids is 1. The van der Waals surface area contributed by atoms with Crippen LogP contribution >= 0.6 is 0 Å². The van der Waals surface area contributed by atoms with E-state index in [2.05, 4.69) is 24.1 Å². The number of nitrogens with one attached hydrogen (secondary N) is 1. The first kappa shape index (κ1) is 13.9. The number of amides is 1. The quantitative estimate of drug-likeness (QED) is 0.836. The third-order valence-electron chi connectivity index (χ3n) is 4.33. The van der Waals surface area contributed by atoms with Gasteiger partial charge < -0.3 is 10.2 Å². The maximum absolute atomic E-state index is 12.6. The molecule has 1 saturated carbocycles. The third kappa shape index (κ3) is 3.47. The lowest BCUT2D eigenvalue weighted by molar-refractivity contribution is -0.140. The Morgan fingerprint density at radius 2 is 2.00 bits per heavy atom. The number of nitrogens with zero attached hydrogens (tertiary/aromatic N) is 1. The number of rotatable bonds is 3. The van der Waals surface area contributed by atoms with Crippen LogP contribution in [0.25, 0.3) is 0 Å². The topological polar surface area (TPSA) is 32.3 Å². The molecule has 1 saturated heterocycles. The summed E-state index contributed by atoms with van der Waals surface area (Å²) in [5.74, 6) is 1.44. The van der Waals surface area contributed by atoms with E-state index < -0.39 is 0 Å². The number of piperazine rings is 1. The molecule has 0 aromatic heterocycles.